The van der Waals surface area contributed by atoms with Crippen LogP contribution in [0.5, 0.6) is 0 Å². The molecular weight excluding hydrogens is 224 g/mol. The zero-order valence-corrected chi connectivity index (χ0v) is 10.6. The van der Waals surface area contributed by atoms with E-state index in [4.69, 9.17) is 5.73 Å². The average molecular weight is 242 g/mol. The second kappa shape index (κ2) is 4.53. The lowest BCUT2D eigenvalue weighted by Gasteiger charge is -2.29. The van der Waals surface area contributed by atoms with Gasteiger partial charge in [-0.15, -0.1) is 0 Å². The molecule has 2 heterocycles. The highest BCUT2D eigenvalue weighted by Gasteiger charge is 2.28. The molecule has 3 rings (SSSR count). The Morgan fingerprint density at radius 3 is 3.17 bits per heavy atom. The summed E-state index contributed by atoms with van der Waals surface area (Å²) in [6.07, 6.45) is 8.95. The van der Waals surface area contributed by atoms with Gasteiger partial charge in [-0.2, -0.15) is 0 Å². The first-order chi connectivity index (χ1) is 8.77. The first kappa shape index (κ1) is 11.4. The van der Waals surface area contributed by atoms with E-state index in [9.17, 15) is 0 Å². The number of hydrogen-bond acceptors (Lipinski definition) is 3. The molecule has 4 heteroatoms. The van der Waals surface area contributed by atoms with E-state index in [2.05, 4.69) is 16.0 Å². The minimum atomic E-state index is -0.0218. The molecule has 0 spiro atoms. The van der Waals surface area contributed by atoms with Gasteiger partial charge in [-0.1, -0.05) is 6.07 Å². The van der Waals surface area contributed by atoms with E-state index in [1.54, 1.807) is 6.33 Å². The Labute approximate surface area is 107 Å². The Hall–Kier alpha value is -1.68. The van der Waals surface area contributed by atoms with Crippen molar-refractivity contribution in [1.82, 2.24) is 14.5 Å². The highest BCUT2D eigenvalue weighted by atomic mass is 15.0. The fourth-order valence-electron chi connectivity index (χ4n) is 2.89. The van der Waals surface area contributed by atoms with Gasteiger partial charge in [-0.25, -0.2) is 4.98 Å². The van der Waals surface area contributed by atoms with E-state index in [-0.39, 0.29) is 6.04 Å². The molecule has 2 unspecified atom stereocenters. The minimum Gasteiger partial charge on any atom is -0.336 e. The second-order valence-corrected chi connectivity index (χ2v) is 5.00. The van der Waals surface area contributed by atoms with Crippen LogP contribution in [0.25, 0.3) is 0 Å². The summed E-state index contributed by atoms with van der Waals surface area (Å²) >= 11 is 0. The van der Waals surface area contributed by atoms with Crippen LogP contribution in [0.15, 0.2) is 30.9 Å². The third-order valence-corrected chi connectivity index (χ3v) is 3.87. The number of pyridine rings is 1. The number of hydrogen-bond donors (Lipinski definition) is 1. The monoisotopic (exact) mass is 242 g/mol. The number of imidazole rings is 1. The summed E-state index contributed by atoms with van der Waals surface area (Å²) < 4.78 is 2.00. The number of nitrogens with zero attached hydrogens (tertiary/aromatic N) is 3. The number of aryl methyl sites for hydroxylation is 2. The predicted octanol–water partition coefficient (Wildman–Crippen LogP) is 1.94. The van der Waals surface area contributed by atoms with E-state index in [1.165, 1.54) is 17.7 Å². The first-order valence-electron chi connectivity index (χ1n) is 6.43. The summed E-state index contributed by atoms with van der Waals surface area (Å²) in [5.41, 5.74) is 10.0. The van der Waals surface area contributed by atoms with E-state index >= 15 is 0 Å². The van der Waals surface area contributed by atoms with Crippen molar-refractivity contribution in [2.24, 2.45) is 12.8 Å². The fourth-order valence-corrected chi connectivity index (χ4v) is 2.89. The van der Waals surface area contributed by atoms with Crippen LogP contribution in [0.1, 0.15) is 41.8 Å². The van der Waals surface area contributed by atoms with E-state index in [0.717, 1.165) is 18.5 Å². The molecule has 0 saturated heterocycles. The lowest BCUT2D eigenvalue weighted by atomic mass is 9.81. The molecule has 0 bridgehead atoms. The van der Waals surface area contributed by atoms with Crippen LogP contribution in [0.3, 0.4) is 0 Å². The van der Waals surface area contributed by atoms with Crippen molar-refractivity contribution in [3.8, 4) is 0 Å². The SMILES string of the molecule is Cn1cncc1C(N)C1CCCc2cccnc21. The van der Waals surface area contributed by atoms with Gasteiger partial charge >= 0.3 is 0 Å². The summed E-state index contributed by atoms with van der Waals surface area (Å²) in [5, 5.41) is 0. The van der Waals surface area contributed by atoms with E-state index < -0.39 is 0 Å². The van der Waals surface area contributed by atoms with Crippen molar-refractivity contribution in [3.63, 3.8) is 0 Å². The Bertz CT molecular complexity index is 546. The average Bonchev–Trinajstić information content (AvgIpc) is 2.83. The lowest BCUT2D eigenvalue weighted by molar-refractivity contribution is 0.449. The molecule has 0 radical (unpaired) electrons. The first-order valence-corrected chi connectivity index (χ1v) is 6.43. The Morgan fingerprint density at radius 2 is 2.39 bits per heavy atom. The normalized spacial score (nSPS) is 20.4. The second-order valence-electron chi connectivity index (χ2n) is 5.00. The molecule has 2 atom stereocenters. The summed E-state index contributed by atoms with van der Waals surface area (Å²) in [6.45, 7) is 0. The summed E-state index contributed by atoms with van der Waals surface area (Å²) in [4.78, 5) is 8.71. The van der Waals surface area contributed by atoms with Crippen LogP contribution in [0.2, 0.25) is 0 Å². The van der Waals surface area contributed by atoms with Gasteiger partial charge in [0.2, 0.25) is 0 Å². The highest BCUT2D eigenvalue weighted by molar-refractivity contribution is 5.29. The maximum atomic E-state index is 6.43. The van der Waals surface area contributed by atoms with Crippen LogP contribution in [-0.2, 0) is 13.5 Å². The molecule has 0 aliphatic heterocycles. The Kier molecular flexibility index (Phi) is 2.88. The number of rotatable bonds is 2. The van der Waals surface area contributed by atoms with Crippen molar-refractivity contribution in [2.45, 2.75) is 31.2 Å². The Balaban J connectivity index is 1.97. The highest BCUT2D eigenvalue weighted by Crippen LogP contribution is 2.37. The van der Waals surface area contributed by atoms with Crippen LogP contribution in [0.4, 0.5) is 0 Å². The number of nitrogens with two attached hydrogens (primary N) is 1. The standard InChI is InChI=1S/C14H18N4/c1-18-9-16-8-12(18)13(15)11-6-2-4-10-5-3-7-17-14(10)11/h3,5,7-9,11,13H,2,4,6,15H2,1H3. The van der Waals surface area contributed by atoms with Gasteiger partial charge < -0.3 is 10.3 Å². The molecule has 1 aliphatic carbocycles. The van der Waals surface area contributed by atoms with Gasteiger partial charge in [-0.3, -0.25) is 4.98 Å². The molecule has 0 aromatic carbocycles. The molecule has 18 heavy (non-hydrogen) atoms. The van der Waals surface area contributed by atoms with Crippen LogP contribution < -0.4 is 5.73 Å². The maximum absolute atomic E-state index is 6.43. The molecule has 2 N–H and O–H groups in total. The lowest BCUT2D eigenvalue weighted by Crippen LogP contribution is -2.26. The molecular formula is C14H18N4. The van der Waals surface area contributed by atoms with Gasteiger partial charge in [0.15, 0.2) is 0 Å². The van der Waals surface area contributed by atoms with Gasteiger partial charge in [0.05, 0.1) is 18.1 Å². The fraction of sp³-hybridized carbons (Fsp3) is 0.429. The van der Waals surface area contributed by atoms with Gasteiger partial charge in [0, 0.05) is 31.1 Å². The summed E-state index contributed by atoms with van der Waals surface area (Å²) in [6, 6.07) is 4.16. The van der Waals surface area contributed by atoms with Crippen LogP contribution in [0, 0.1) is 0 Å². The molecule has 2 aromatic heterocycles. The molecule has 0 amide bonds. The zero-order valence-electron chi connectivity index (χ0n) is 10.6. The predicted molar refractivity (Wildman–Crippen MR) is 70.1 cm³/mol. The van der Waals surface area contributed by atoms with Gasteiger partial charge in [-0.05, 0) is 30.9 Å². The largest absolute Gasteiger partial charge is 0.336 e. The van der Waals surface area contributed by atoms with Gasteiger partial charge in [0.1, 0.15) is 0 Å². The van der Waals surface area contributed by atoms with E-state index in [1.807, 2.05) is 30.1 Å². The number of fused-ring (bicyclic) bond motifs is 1. The van der Waals surface area contributed by atoms with Crippen molar-refractivity contribution >= 4 is 0 Å². The summed E-state index contributed by atoms with van der Waals surface area (Å²) in [5.74, 6) is 0.311. The maximum Gasteiger partial charge on any atom is 0.0946 e. The molecule has 94 valence electrons. The smallest absolute Gasteiger partial charge is 0.0946 e. The number of aromatic nitrogens is 3. The van der Waals surface area contributed by atoms with Crippen LogP contribution in [-0.4, -0.2) is 14.5 Å². The summed E-state index contributed by atoms with van der Waals surface area (Å²) in [7, 11) is 1.99. The third kappa shape index (κ3) is 1.82. The molecule has 2 aromatic rings. The zero-order chi connectivity index (χ0) is 12.5. The minimum absolute atomic E-state index is 0.0218. The van der Waals surface area contributed by atoms with Crippen LogP contribution >= 0.6 is 0 Å². The molecule has 4 nitrogen and oxygen atoms in total. The Morgan fingerprint density at radius 1 is 1.50 bits per heavy atom. The third-order valence-electron chi connectivity index (χ3n) is 3.87. The van der Waals surface area contributed by atoms with Crippen molar-refractivity contribution in [3.05, 3.63) is 47.8 Å². The van der Waals surface area contributed by atoms with E-state index in [0.29, 0.717) is 5.92 Å². The van der Waals surface area contributed by atoms with Crippen molar-refractivity contribution in [1.29, 1.82) is 0 Å². The van der Waals surface area contributed by atoms with Gasteiger partial charge in [0.25, 0.3) is 0 Å². The van der Waals surface area contributed by atoms with Crippen molar-refractivity contribution < 1.29 is 0 Å². The van der Waals surface area contributed by atoms with Crippen molar-refractivity contribution in [2.75, 3.05) is 0 Å². The molecule has 0 fully saturated rings. The molecule has 1 aliphatic rings. The topological polar surface area (TPSA) is 56.7 Å². The molecule has 0 saturated carbocycles. The quantitative estimate of drug-likeness (QED) is 0.875.